The zero-order chi connectivity index (χ0) is 25.1. The molecule has 0 radical (unpaired) electrons. The number of pyridine rings is 1. The van der Waals surface area contributed by atoms with Gasteiger partial charge in [-0.05, 0) is 87.3 Å². The lowest BCUT2D eigenvalue weighted by molar-refractivity contribution is -0.0117. The third-order valence-corrected chi connectivity index (χ3v) is 7.61. The average Bonchev–Trinajstić information content (AvgIpc) is 3.42. The van der Waals surface area contributed by atoms with Gasteiger partial charge in [-0.1, -0.05) is 6.07 Å². The first-order valence-electron chi connectivity index (χ1n) is 13.3. The third-order valence-electron chi connectivity index (χ3n) is 7.61. The summed E-state index contributed by atoms with van der Waals surface area (Å²) in [4.78, 5) is 21.7. The molecular weight excluding hydrogens is 456 g/mol. The summed E-state index contributed by atoms with van der Waals surface area (Å²) in [6, 6.07) is 10.1. The molecule has 0 spiro atoms. The van der Waals surface area contributed by atoms with Gasteiger partial charge in [0, 0.05) is 37.9 Å². The van der Waals surface area contributed by atoms with Crippen LogP contribution in [0.3, 0.4) is 0 Å². The van der Waals surface area contributed by atoms with E-state index >= 15 is 0 Å². The highest BCUT2D eigenvalue weighted by Crippen LogP contribution is 2.35. The van der Waals surface area contributed by atoms with E-state index < -0.39 is 5.60 Å². The molecule has 1 saturated carbocycles. The summed E-state index contributed by atoms with van der Waals surface area (Å²) >= 11 is 0. The predicted octanol–water partition coefficient (Wildman–Crippen LogP) is 4.59. The summed E-state index contributed by atoms with van der Waals surface area (Å²) < 4.78 is 11.9. The molecule has 8 nitrogen and oxygen atoms in total. The highest BCUT2D eigenvalue weighted by atomic mass is 16.5. The number of rotatable bonds is 5. The molecule has 5 rings (SSSR count). The summed E-state index contributed by atoms with van der Waals surface area (Å²) in [5.74, 6) is 1.48. The number of urea groups is 1. The standard InChI is InChI=1S/C28H38N4O4/c1-20-5-6-22(29-27(33)32-11-3-4-12-32)19-24(20)21-17-25(31-13-15-35-16-14-31)30-26(18-21)36-23-7-9-28(2,34)10-8-23/h5-6,17-19,23,34H,3-4,7-16H2,1-2H3,(H,29,33). The minimum absolute atomic E-state index is 0.0387. The Morgan fingerprint density at radius 1 is 1.11 bits per heavy atom. The van der Waals surface area contributed by atoms with E-state index in [0.717, 1.165) is 92.9 Å². The Morgan fingerprint density at radius 2 is 1.83 bits per heavy atom. The van der Waals surface area contributed by atoms with Gasteiger partial charge in [0.1, 0.15) is 11.9 Å². The summed E-state index contributed by atoms with van der Waals surface area (Å²) in [5, 5.41) is 13.4. The quantitative estimate of drug-likeness (QED) is 0.632. The van der Waals surface area contributed by atoms with Crippen LogP contribution in [0.2, 0.25) is 0 Å². The lowest BCUT2D eigenvalue weighted by Crippen LogP contribution is -2.37. The molecule has 2 N–H and O–H groups in total. The number of hydrogen-bond donors (Lipinski definition) is 2. The van der Waals surface area contributed by atoms with E-state index in [0.29, 0.717) is 19.1 Å². The van der Waals surface area contributed by atoms with Gasteiger partial charge < -0.3 is 29.7 Å². The maximum Gasteiger partial charge on any atom is 0.321 e. The van der Waals surface area contributed by atoms with Gasteiger partial charge in [0.05, 0.1) is 18.8 Å². The molecule has 36 heavy (non-hydrogen) atoms. The Hall–Kier alpha value is -2.84. The molecule has 0 unspecified atom stereocenters. The molecule has 2 saturated heterocycles. The van der Waals surface area contributed by atoms with Crippen LogP contribution in [0.4, 0.5) is 16.3 Å². The molecule has 0 bridgehead atoms. The minimum Gasteiger partial charge on any atom is -0.474 e. The number of amides is 2. The van der Waals surface area contributed by atoms with E-state index in [9.17, 15) is 9.90 Å². The number of nitrogens with zero attached hydrogens (tertiary/aromatic N) is 3. The third kappa shape index (κ3) is 5.93. The minimum atomic E-state index is -0.606. The predicted molar refractivity (Wildman–Crippen MR) is 141 cm³/mol. The second kappa shape index (κ2) is 10.6. The average molecular weight is 495 g/mol. The molecule has 2 aromatic rings. The number of morpholine rings is 1. The van der Waals surface area contributed by atoms with Gasteiger partial charge in [-0.3, -0.25) is 0 Å². The molecule has 0 atom stereocenters. The Morgan fingerprint density at radius 3 is 2.56 bits per heavy atom. The number of aromatic nitrogens is 1. The summed E-state index contributed by atoms with van der Waals surface area (Å²) in [7, 11) is 0. The van der Waals surface area contributed by atoms with Gasteiger partial charge in [-0.15, -0.1) is 0 Å². The number of likely N-dealkylation sites (tertiary alicyclic amines) is 1. The van der Waals surface area contributed by atoms with Crippen LogP contribution in [0.1, 0.15) is 51.0 Å². The number of aliphatic hydroxyl groups is 1. The van der Waals surface area contributed by atoms with Crippen molar-refractivity contribution in [2.75, 3.05) is 49.6 Å². The van der Waals surface area contributed by atoms with Crippen LogP contribution in [-0.4, -0.2) is 72.1 Å². The second-order valence-corrected chi connectivity index (χ2v) is 10.6. The van der Waals surface area contributed by atoms with Crippen molar-refractivity contribution in [2.24, 2.45) is 0 Å². The number of carbonyl (C=O) groups excluding carboxylic acids is 1. The molecule has 3 aliphatic rings. The van der Waals surface area contributed by atoms with Crippen LogP contribution in [0.25, 0.3) is 11.1 Å². The Bertz CT molecular complexity index is 1070. The van der Waals surface area contributed by atoms with E-state index in [2.05, 4.69) is 23.2 Å². The molecule has 2 amide bonds. The number of ether oxygens (including phenoxy) is 2. The zero-order valence-corrected chi connectivity index (χ0v) is 21.5. The Balaban J connectivity index is 1.42. The summed E-state index contributed by atoms with van der Waals surface area (Å²) in [5.41, 5.74) is 3.36. The molecule has 194 valence electrons. The normalized spacial score (nSPS) is 24.6. The van der Waals surface area contributed by atoms with Crippen LogP contribution >= 0.6 is 0 Å². The SMILES string of the molecule is Cc1ccc(NC(=O)N2CCCC2)cc1-c1cc(OC2CCC(C)(O)CC2)nc(N2CCOCC2)c1. The van der Waals surface area contributed by atoms with Gasteiger partial charge >= 0.3 is 6.03 Å². The van der Waals surface area contributed by atoms with Crippen molar-refractivity contribution >= 4 is 17.5 Å². The van der Waals surface area contributed by atoms with Crippen LogP contribution < -0.4 is 15.0 Å². The summed E-state index contributed by atoms with van der Waals surface area (Å²) in [6.07, 6.45) is 5.24. The van der Waals surface area contributed by atoms with Crippen LogP contribution in [-0.2, 0) is 4.74 Å². The number of nitrogens with one attached hydrogen (secondary N) is 1. The maximum absolute atomic E-state index is 12.7. The first kappa shape index (κ1) is 24.8. The summed E-state index contributed by atoms with van der Waals surface area (Å²) in [6.45, 7) is 8.54. The molecule has 1 aromatic heterocycles. The first-order chi connectivity index (χ1) is 17.4. The monoisotopic (exact) mass is 494 g/mol. The molecule has 2 aliphatic heterocycles. The van der Waals surface area contributed by atoms with Crippen LogP contribution in [0.5, 0.6) is 5.88 Å². The Labute approximate surface area is 213 Å². The topological polar surface area (TPSA) is 87.2 Å². The van der Waals surface area contributed by atoms with E-state index in [1.807, 2.05) is 36.1 Å². The van der Waals surface area contributed by atoms with Crippen molar-refractivity contribution in [3.8, 4) is 17.0 Å². The van der Waals surface area contributed by atoms with Crippen molar-refractivity contribution in [2.45, 2.75) is 64.1 Å². The van der Waals surface area contributed by atoms with E-state index in [1.54, 1.807) is 0 Å². The smallest absolute Gasteiger partial charge is 0.321 e. The van der Waals surface area contributed by atoms with Crippen molar-refractivity contribution in [1.29, 1.82) is 0 Å². The van der Waals surface area contributed by atoms with Crippen molar-refractivity contribution in [1.82, 2.24) is 9.88 Å². The maximum atomic E-state index is 12.7. The van der Waals surface area contributed by atoms with Gasteiger partial charge in [0.15, 0.2) is 0 Å². The number of anilines is 2. The van der Waals surface area contributed by atoms with Gasteiger partial charge in [-0.25, -0.2) is 4.79 Å². The number of carbonyl (C=O) groups is 1. The van der Waals surface area contributed by atoms with Crippen molar-refractivity contribution in [3.63, 3.8) is 0 Å². The fourth-order valence-electron chi connectivity index (χ4n) is 5.30. The fraction of sp³-hybridized carbons (Fsp3) is 0.571. The molecule has 8 heteroatoms. The van der Waals surface area contributed by atoms with Gasteiger partial charge in [0.2, 0.25) is 5.88 Å². The number of benzene rings is 1. The lowest BCUT2D eigenvalue weighted by Gasteiger charge is -2.33. The van der Waals surface area contributed by atoms with E-state index in [-0.39, 0.29) is 12.1 Å². The molecule has 1 aliphatic carbocycles. The van der Waals surface area contributed by atoms with Crippen LogP contribution in [0.15, 0.2) is 30.3 Å². The van der Waals surface area contributed by atoms with E-state index in [1.165, 1.54) is 0 Å². The first-order valence-corrected chi connectivity index (χ1v) is 13.3. The Kier molecular flexibility index (Phi) is 7.34. The van der Waals surface area contributed by atoms with Crippen LogP contribution in [0, 0.1) is 6.92 Å². The lowest BCUT2D eigenvalue weighted by atomic mass is 9.85. The van der Waals surface area contributed by atoms with Gasteiger partial charge in [-0.2, -0.15) is 4.98 Å². The molecular formula is C28H38N4O4. The molecule has 3 fully saturated rings. The van der Waals surface area contributed by atoms with Crippen molar-refractivity contribution in [3.05, 3.63) is 35.9 Å². The largest absolute Gasteiger partial charge is 0.474 e. The number of aryl methyl sites for hydroxylation is 1. The van der Waals surface area contributed by atoms with Gasteiger partial charge in [0.25, 0.3) is 0 Å². The fourth-order valence-corrected chi connectivity index (χ4v) is 5.30. The van der Waals surface area contributed by atoms with E-state index in [4.69, 9.17) is 14.5 Å². The highest BCUT2D eigenvalue weighted by molar-refractivity contribution is 5.90. The number of hydrogen-bond acceptors (Lipinski definition) is 6. The second-order valence-electron chi connectivity index (χ2n) is 10.6. The van der Waals surface area contributed by atoms with Crippen molar-refractivity contribution < 1.29 is 19.4 Å². The highest BCUT2D eigenvalue weighted by Gasteiger charge is 2.30. The molecule has 3 heterocycles. The zero-order valence-electron chi connectivity index (χ0n) is 21.5. The molecule has 1 aromatic carbocycles.